The van der Waals surface area contributed by atoms with Crippen molar-refractivity contribution < 1.29 is 14.4 Å². The van der Waals surface area contributed by atoms with Crippen molar-refractivity contribution in [1.82, 2.24) is 0 Å². The molecule has 0 unspecified atom stereocenters. The monoisotopic (exact) mass is 606 g/mol. The van der Waals surface area contributed by atoms with E-state index in [2.05, 4.69) is 55.5 Å². The van der Waals surface area contributed by atoms with Crippen LogP contribution in [0, 0.1) is 0 Å². The van der Waals surface area contributed by atoms with Crippen molar-refractivity contribution in [3.63, 3.8) is 0 Å². The molecule has 4 aromatic heterocycles. The maximum absolute atomic E-state index is 10.8. The van der Waals surface area contributed by atoms with Gasteiger partial charge in [-0.25, -0.2) is 0 Å². The Morgan fingerprint density at radius 3 is 1.34 bits per heavy atom. The van der Waals surface area contributed by atoms with Crippen molar-refractivity contribution in [2.24, 2.45) is 0 Å². The second-order valence-corrected chi connectivity index (χ2v) is 16.2. The standard InChI is InChI=1S/C30H39O3PS4/c1-2-23-14-16-25(35-23)27-18-20-29(37-27)30-21-19-28(38-30)26-17-15-24(36-26)13-11-9-7-5-3-4-6-8-10-12-22-34(31,32)33/h14-21H,2-13,22H2,1H3,(H2,31,32,33). The Balaban J connectivity index is 1.12. The third-order valence-electron chi connectivity index (χ3n) is 6.73. The zero-order valence-corrected chi connectivity index (χ0v) is 26.4. The van der Waals surface area contributed by atoms with Crippen molar-refractivity contribution >= 4 is 52.9 Å². The fraction of sp³-hybridized carbons (Fsp3) is 0.467. The van der Waals surface area contributed by atoms with Crippen molar-refractivity contribution in [2.45, 2.75) is 84.0 Å². The van der Waals surface area contributed by atoms with Gasteiger partial charge in [-0.3, -0.25) is 4.57 Å². The molecule has 0 aliphatic heterocycles. The molecule has 0 amide bonds. The lowest BCUT2D eigenvalue weighted by molar-refractivity contribution is 0.370. The average Bonchev–Trinajstić information content (AvgIpc) is 3.69. The second-order valence-electron chi connectivity index (χ2n) is 9.89. The highest BCUT2D eigenvalue weighted by molar-refractivity contribution is 7.51. The van der Waals surface area contributed by atoms with Crippen LogP contribution in [0.2, 0.25) is 0 Å². The Bertz CT molecular complexity index is 1290. The lowest BCUT2D eigenvalue weighted by atomic mass is 10.1. The van der Waals surface area contributed by atoms with Gasteiger partial charge < -0.3 is 9.79 Å². The molecule has 0 aromatic carbocycles. The minimum Gasteiger partial charge on any atom is -0.324 e. The topological polar surface area (TPSA) is 57.5 Å². The van der Waals surface area contributed by atoms with Crippen LogP contribution >= 0.6 is 52.9 Å². The van der Waals surface area contributed by atoms with Gasteiger partial charge in [-0.2, -0.15) is 0 Å². The number of rotatable bonds is 17. The van der Waals surface area contributed by atoms with Gasteiger partial charge in [0.2, 0.25) is 0 Å². The molecule has 0 aliphatic carbocycles. The third-order valence-corrected chi connectivity index (χ3v) is 12.8. The van der Waals surface area contributed by atoms with E-state index in [9.17, 15) is 4.57 Å². The maximum atomic E-state index is 10.8. The summed E-state index contributed by atoms with van der Waals surface area (Å²) >= 11 is 7.67. The molecule has 2 N–H and O–H groups in total. The van der Waals surface area contributed by atoms with Crippen LogP contribution in [0.5, 0.6) is 0 Å². The quantitative estimate of drug-likeness (QED) is 0.0928. The Morgan fingerprint density at radius 1 is 0.526 bits per heavy atom. The maximum Gasteiger partial charge on any atom is 0.325 e. The Labute approximate surface area is 243 Å². The van der Waals surface area contributed by atoms with Crippen LogP contribution in [0.25, 0.3) is 29.3 Å². The zero-order valence-electron chi connectivity index (χ0n) is 22.2. The van der Waals surface area contributed by atoms with E-state index in [1.165, 1.54) is 90.4 Å². The smallest absolute Gasteiger partial charge is 0.324 e. The lowest BCUT2D eigenvalue weighted by Crippen LogP contribution is -1.88. The summed E-state index contributed by atoms with van der Waals surface area (Å²) in [6.45, 7) is 2.22. The van der Waals surface area contributed by atoms with Crippen LogP contribution in [0.3, 0.4) is 0 Å². The van der Waals surface area contributed by atoms with Crippen molar-refractivity contribution in [1.29, 1.82) is 0 Å². The summed E-state index contributed by atoms with van der Waals surface area (Å²) in [5.41, 5.74) is 0. The number of hydrogen-bond donors (Lipinski definition) is 2. The molecule has 0 aliphatic rings. The van der Waals surface area contributed by atoms with E-state index in [0.717, 1.165) is 19.3 Å². The van der Waals surface area contributed by atoms with Gasteiger partial charge in [0.1, 0.15) is 0 Å². The molecule has 0 bridgehead atoms. The Hall–Kier alpha value is -1.05. The minimum atomic E-state index is -3.80. The summed E-state index contributed by atoms with van der Waals surface area (Å²) in [5.74, 6) is 0. The first-order valence-corrected chi connectivity index (χ1v) is 18.9. The predicted molar refractivity (Wildman–Crippen MR) is 170 cm³/mol. The van der Waals surface area contributed by atoms with E-state index >= 15 is 0 Å². The van der Waals surface area contributed by atoms with Gasteiger partial charge in [-0.05, 0) is 74.2 Å². The van der Waals surface area contributed by atoms with Crippen LogP contribution in [-0.2, 0) is 17.4 Å². The number of aryl methyl sites for hydroxylation is 2. The van der Waals surface area contributed by atoms with Crippen LogP contribution in [-0.4, -0.2) is 15.9 Å². The molecule has 0 atom stereocenters. The fourth-order valence-corrected chi connectivity index (χ4v) is 9.50. The van der Waals surface area contributed by atoms with E-state index in [-0.39, 0.29) is 6.16 Å². The number of hydrogen-bond acceptors (Lipinski definition) is 5. The Morgan fingerprint density at radius 2 is 0.895 bits per heavy atom. The number of unbranched alkanes of at least 4 members (excludes halogenated alkanes) is 9. The molecular weight excluding hydrogens is 568 g/mol. The SMILES string of the molecule is CCc1ccc(-c2ccc(-c3ccc(-c4ccc(CCCCCCCCCCCCP(=O)(O)O)s4)s3)s2)s1. The van der Waals surface area contributed by atoms with E-state index < -0.39 is 7.60 Å². The second kappa shape index (κ2) is 15.1. The van der Waals surface area contributed by atoms with Crippen LogP contribution in [0.15, 0.2) is 48.5 Å². The Kier molecular flexibility index (Phi) is 11.9. The fourth-order valence-electron chi connectivity index (χ4n) is 4.58. The van der Waals surface area contributed by atoms with E-state index in [1.54, 1.807) is 0 Å². The third kappa shape index (κ3) is 9.55. The summed E-state index contributed by atoms with van der Waals surface area (Å²) < 4.78 is 10.8. The van der Waals surface area contributed by atoms with Gasteiger partial charge >= 0.3 is 7.60 Å². The first-order valence-electron chi connectivity index (χ1n) is 13.8. The van der Waals surface area contributed by atoms with Crippen LogP contribution in [0.1, 0.15) is 80.9 Å². The van der Waals surface area contributed by atoms with Crippen LogP contribution in [0.4, 0.5) is 0 Å². The molecule has 3 nitrogen and oxygen atoms in total. The molecule has 0 fully saturated rings. The van der Waals surface area contributed by atoms with Gasteiger partial charge in [0.25, 0.3) is 0 Å². The summed E-state index contributed by atoms with van der Waals surface area (Å²) in [6, 6.07) is 18.2. The molecule has 0 saturated carbocycles. The summed E-state index contributed by atoms with van der Waals surface area (Å²) in [6.07, 6.45) is 13.9. The lowest BCUT2D eigenvalue weighted by Gasteiger charge is -2.04. The highest BCUT2D eigenvalue weighted by Gasteiger charge is 2.12. The number of thiophene rings is 4. The summed E-state index contributed by atoms with van der Waals surface area (Å²) in [5, 5.41) is 0. The predicted octanol–water partition coefficient (Wildman–Crippen LogP) is 11.1. The molecule has 8 heteroatoms. The van der Waals surface area contributed by atoms with Crippen molar-refractivity contribution in [3.05, 3.63) is 58.3 Å². The molecule has 4 heterocycles. The molecule has 4 rings (SSSR count). The molecular formula is C30H39O3PS4. The van der Waals surface area contributed by atoms with Crippen molar-refractivity contribution in [3.8, 4) is 29.3 Å². The molecule has 4 aromatic rings. The van der Waals surface area contributed by atoms with Crippen molar-refractivity contribution in [2.75, 3.05) is 6.16 Å². The highest BCUT2D eigenvalue weighted by atomic mass is 32.1. The van der Waals surface area contributed by atoms with Crippen LogP contribution < -0.4 is 0 Å². The van der Waals surface area contributed by atoms with Gasteiger partial charge in [-0.1, -0.05) is 58.3 Å². The first-order chi connectivity index (χ1) is 18.4. The summed E-state index contributed by atoms with van der Waals surface area (Å²) in [7, 11) is -3.80. The first kappa shape index (κ1) is 29.9. The van der Waals surface area contributed by atoms with E-state index in [4.69, 9.17) is 9.79 Å². The summed E-state index contributed by atoms with van der Waals surface area (Å²) in [4.78, 5) is 28.9. The normalized spacial score (nSPS) is 12.0. The largest absolute Gasteiger partial charge is 0.325 e. The van der Waals surface area contributed by atoms with E-state index in [1.807, 2.05) is 45.3 Å². The highest BCUT2D eigenvalue weighted by Crippen LogP contribution is 2.43. The van der Waals surface area contributed by atoms with Gasteiger partial charge in [0, 0.05) is 45.2 Å². The van der Waals surface area contributed by atoms with Gasteiger partial charge in [0.05, 0.1) is 0 Å². The molecule has 0 radical (unpaired) electrons. The molecule has 38 heavy (non-hydrogen) atoms. The molecule has 0 spiro atoms. The molecule has 206 valence electrons. The van der Waals surface area contributed by atoms with E-state index in [0.29, 0.717) is 6.42 Å². The zero-order chi connectivity index (χ0) is 26.8. The van der Waals surface area contributed by atoms with Gasteiger partial charge in [0.15, 0.2) is 0 Å². The average molecular weight is 607 g/mol. The minimum absolute atomic E-state index is 0.0408. The molecule has 0 saturated heterocycles. The van der Waals surface area contributed by atoms with Gasteiger partial charge in [-0.15, -0.1) is 45.3 Å².